The number of hydrogen-bond acceptors (Lipinski definition) is 5. The first-order valence-corrected chi connectivity index (χ1v) is 7.92. The Morgan fingerprint density at radius 1 is 1.29 bits per heavy atom. The van der Waals surface area contributed by atoms with Crippen molar-refractivity contribution in [2.75, 3.05) is 11.9 Å². The number of ether oxygens (including phenoxy) is 1. The first kappa shape index (κ1) is 15.9. The smallest absolute Gasteiger partial charge is 0.264 e. The zero-order valence-electron chi connectivity index (χ0n) is 13.5. The molecule has 0 fully saturated rings. The predicted octanol–water partition coefficient (Wildman–Crippen LogP) is 2.84. The number of rotatable bonds is 6. The summed E-state index contributed by atoms with van der Waals surface area (Å²) in [6.07, 6.45) is 8.71. The van der Waals surface area contributed by atoms with Crippen LogP contribution in [-0.4, -0.2) is 32.7 Å². The van der Waals surface area contributed by atoms with E-state index in [4.69, 9.17) is 4.74 Å². The summed E-state index contributed by atoms with van der Waals surface area (Å²) in [5.41, 5.74) is 1.80. The van der Waals surface area contributed by atoms with Gasteiger partial charge in [0.15, 0.2) is 12.4 Å². The molecule has 0 unspecified atom stereocenters. The minimum atomic E-state index is -0.291. The summed E-state index contributed by atoms with van der Waals surface area (Å²) in [4.78, 5) is 19.1. The number of hydrogen-bond donors (Lipinski definition) is 2. The van der Waals surface area contributed by atoms with Gasteiger partial charge in [0.2, 0.25) is 5.95 Å². The van der Waals surface area contributed by atoms with Crippen LogP contribution in [0.4, 0.5) is 5.95 Å². The minimum absolute atomic E-state index is 0.0667. The SMILES string of the molecule is CCC1=CCCC=C1OCC(=O)Nc1nnc(-c2ccccn2)[nH]1. The van der Waals surface area contributed by atoms with Gasteiger partial charge >= 0.3 is 0 Å². The lowest BCUT2D eigenvalue weighted by Crippen LogP contribution is -2.19. The highest BCUT2D eigenvalue weighted by Gasteiger charge is 2.13. The van der Waals surface area contributed by atoms with E-state index >= 15 is 0 Å². The highest BCUT2D eigenvalue weighted by Crippen LogP contribution is 2.22. The Bertz CT molecular complexity index is 764. The number of anilines is 1. The number of allylic oxidation sites excluding steroid dienone is 3. The zero-order valence-corrected chi connectivity index (χ0v) is 13.5. The molecule has 0 atom stereocenters. The van der Waals surface area contributed by atoms with Crippen molar-refractivity contribution in [3.8, 4) is 11.5 Å². The third-order valence-corrected chi connectivity index (χ3v) is 3.60. The lowest BCUT2D eigenvalue weighted by molar-refractivity contribution is -0.119. The molecule has 2 aromatic heterocycles. The van der Waals surface area contributed by atoms with Gasteiger partial charge in [-0.15, -0.1) is 10.2 Å². The minimum Gasteiger partial charge on any atom is -0.484 e. The number of nitrogens with one attached hydrogen (secondary N) is 2. The van der Waals surface area contributed by atoms with Crippen LogP contribution in [0.15, 0.2) is 47.9 Å². The van der Waals surface area contributed by atoms with Gasteiger partial charge in [-0.3, -0.25) is 15.1 Å². The van der Waals surface area contributed by atoms with E-state index in [2.05, 4.69) is 38.5 Å². The highest BCUT2D eigenvalue weighted by atomic mass is 16.5. The van der Waals surface area contributed by atoms with Crippen LogP contribution >= 0.6 is 0 Å². The van der Waals surface area contributed by atoms with E-state index < -0.39 is 0 Å². The standard InChI is InChI=1S/C17H19N5O2/c1-2-12-7-3-4-9-14(12)24-11-15(23)19-17-20-16(21-22-17)13-8-5-6-10-18-13/h5-10H,2-4,11H2,1H3,(H2,19,20,21,22,23). The molecule has 2 heterocycles. The zero-order chi connectivity index (χ0) is 16.8. The van der Waals surface area contributed by atoms with Crippen molar-refractivity contribution in [3.05, 3.63) is 47.9 Å². The average molecular weight is 325 g/mol. The molecule has 124 valence electrons. The molecule has 0 saturated heterocycles. The molecular weight excluding hydrogens is 306 g/mol. The van der Waals surface area contributed by atoms with E-state index in [9.17, 15) is 4.79 Å². The van der Waals surface area contributed by atoms with E-state index in [0.717, 1.165) is 30.6 Å². The number of nitrogens with zero attached hydrogens (tertiary/aromatic N) is 3. The van der Waals surface area contributed by atoms with Crippen molar-refractivity contribution in [2.45, 2.75) is 26.2 Å². The first-order chi connectivity index (χ1) is 11.8. The lowest BCUT2D eigenvalue weighted by atomic mass is 10.0. The maximum Gasteiger partial charge on any atom is 0.264 e. The highest BCUT2D eigenvalue weighted by molar-refractivity contribution is 5.90. The summed E-state index contributed by atoms with van der Waals surface area (Å²) in [5, 5.41) is 10.5. The van der Waals surface area contributed by atoms with Gasteiger partial charge in [0.1, 0.15) is 11.5 Å². The van der Waals surface area contributed by atoms with Crippen molar-refractivity contribution in [1.82, 2.24) is 20.2 Å². The molecular formula is C17H19N5O2. The van der Waals surface area contributed by atoms with Crippen LogP contribution in [0.25, 0.3) is 11.5 Å². The lowest BCUT2D eigenvalue weighted by Gasteiger charge is -2.15. The fraction of sp³-hybridized carbons (Fsp3) is 0.294. The number of carbonyl (C=O) groups is 1. The van der Waals surface area contributed by atoms with Crippen LogP contribution in [0.2, 0.25) is 0 Å². The van der Waals surface area contributed by atoms with E-state index in [-0.39, 0.29) is 18.5 Å². The number of amides is 1. The van der Waals surface area contributed by atoms with Crippen LogP contribution in [0.5, 0.6) is 0 Å². The molecule has 7 heteroatoms. The molecule has 3 rings (SSSR count). The van der Waals surface area contributed by atoms with Crippen molar-refractivity contribution >= 4 is 11.9 Å². The second-order valence-electron chi connectivity index (χ2n) is 5.30. The Morgan fingerprint density at radius 3 is 2.96 bits per heavy atom. The number of pyridine rings is 1. The molecule has 1 aliphatic rings. The summed E-state index contributed by atoms with van der Waals surface area (Å²) in [6, 6.07) is 5.48. The quantitative estimate of drug-likeness (QED) is 0.852. The summed E-state index contributed by atoms with van der Waals surface area (Å²) in [5.74, 6) is 1.28. The van der Waals surface area contributed by atoms with Gasteiger partial charge in [-0.05, 0) is 43.0 Å². The van der Waals surface area contributed by atoms with Gasteiger partial charge in [-0.1, -0.05) is 19.1 Å². The molecule has 0 aromatic carbocycles. The maximum atomic E-state index is 12.0. The van der Waals surface area contributed by atoms with Gasteiger partial charge < -0.3 is 9.72 Å². The summed E-state index contributed by atoms with van der Waals surface area (Å²) < 4.78 is 5.62. The number of aromatic nitrogens is 4. The van der Waals surface area contributed by atoms with Crippen molar-refractivity contribution in [2.24, 2.45) is 0 Å². The second-order valence-corrected chi connectivity index (χ2v) is 5.30. The molecule has 0 bridgehead atoms. The van der Waals surface area contributed by atoms with E-state index in [0.29, 0.717) is 11.5 Å². The molecule has 0 saturated carbocycles. The van der Waals surface area contributed by atoms with Gasteiger partial charge in [-0.2, -0.15) is 0 Å². The van der Waals surface area contributed by atoms with Gasteiger partial charge in [0.25, 0.3) is 5.91 Å². The van der Waals surface area contributed by atoms with Crippen LogP contribution in [-0.2, 0) is 9.53 Å². The Balaban J connectivity index is 1.55. The molecule has 0 spiro atoms. The fourth-order valence-corrected chi connectivity index (χ4v) is 2.42. The summed E-state index contributed by atoms with van der Waals surface area (Å²) in [7, 11) is 0. The van der Waals surface area contributed by atoms with Crippen molar-refractivity contribution < 1.29 is 9.53 Å². The predicted molar refractivity (Wildman–Crippen MR) is 89.9 cm³/mol. The number of carbonyl (C=O) groups excluding carboxylic acids is 1. The number of aromatic amines is 1. The Kier molecular flexibility index (Phi) is 5.00. The number of H-pyrrole nitrogens is 1. The topological polar surface area (TPSA) is 92.8 Å². The molecule has 2 aromatic rings. The monoisotopic (exact) mass is 325 g/mol. The van der Waals surface area contributed by atoms with Gasteiger partial charge in [0.05, 0.1) is 0 Å². The molecule has 1 aliphatic carbocycles. The maximum absolute atomic E-state index is 12.0. The molecule has 0 aliphatic heterocycles. The first-order valence-electron chi connectivity index (χ1n) is 7.92. The van der Waals surface area contributed by atoms with Gasteiger partial charge in [0, 0.05) is 6.20 Å². The third-order valence-electron chi connectivity index (χ3n) is 3.60. The van der Waals surface area contributed by atoms with Crippen LogP contribution in [0, 0.1) is 0 Å². The van der Waals surface area contributed by atoms with E-state index in [1.54, 1.807) is 6.20 Å². The average Bonchev–Trinajstić information content (AvgIpc) is 3.09. The largest absolute Gasteiger partial charge is 0.484 e. The second kappa shape index (κ2) is 7.54. The van der Waals surface area contributed by atoms with Crippen LogP contribution in [0.3, 0.4) is 0 Å². The van der Waals surface area contributed by atoms with Gasteiger partial charge in [-0.25, -0.2) is 0 Å². The van der Waals surface area contributed by atoms with E-state index in [1.165, 1.54) is 0 Å². The molecule has 7 nitrogen and oxygen atoms in total. The summed E-state index contributed by atoms with van der Waals surface area (Å²) in [6.45, 7) is 2.00. The van der Waals surface area contributed by atoms with Crippen molar-refractivity contribution in [1.29, 1.82) is 0 Å². The molecule has 0 radical (unpaired) electrons. The normalized spacial score (nSPS) is 13.9. The van der Waals surface area contributed by atoms with E-state index in [1.807, 2.05) is 24.3 Å². The van der Waals surface area contributed by atoms with Crippen LogP contribution < -0.4 is 5.32 Å². The molecule has 2 N–H and O–H groups in total. The fourth-order valence-electron chi connectivity index (χ4n) is 2.42. The third kappa shape index (κ3) is 3.87. The Morgan fingerprint density at radius 2 is 2.17 bits per heavy atom. The Labute approximate surface area is 139 Å². The Hall–Kier alpha value is -2.96. The molecule has 1 amide bonds. The van der Waals surface area contributed by atoms with Crippen molar-refractivity contribution in [3.63, 3.8) is 0 Å². The summed E-state index contributed by atoms with van der Waals surface area (Å²) >= 11 is 0. The van der Waals surface area contributed by atoms with Crippen LogP contribution in [0.1, 0.15) is 26.2 Å². The molecule has 24 heavy (non-hydrogen) atoms.